The highest BCUT2D eigenvalue weighted by molar-refractivity contribution is 6.35. The molecule has 0 saturated heterocycles. The number of hydrogen-bond donors (Lipinski definition) is 1. The Labute approximate surface area is 144 Å². The monoisotopic (exact) mass is 356 g/mol. The van der Waals surface area contributed by atoms with Crippen LogP contribution in [0.1, 0.15) is 38.7 Å². The van der Waals surface area contributed by atoms with Crippen LogP contribution in [-0.4, -0.2) is 27.3 Å². The highest BCUT2D eigenvalue weighted by atomic mass is 35.5. The van der Waals surface area contributed by atoms with Crippen LogP contribution in [0.3, 0.4) is 0 Å². The Kier molecular flexibility index (Phi) is 5.85. The first kappa shape index (κ1) is 17.6. The van der Waals surface area contributed by atoms with E-state index in [-0.39, 0.29) is 24.6 Å². The van der Waals surface area contributed by atoms with Crippen LogP contribution in [0.2, 0.25) is 10.0 Å². The summed E-state index contributed by atoms with van der Waals surface area (Å²) in [6.07, 6.45) is 1.65. The second-order valence-electron chi connectivity index (χ2n) is 5.34. The number of rotatable bonds is 6. The first-order valence-electron chi connectivity index (χ1n) is 7.15. The molecule has 0 radical (unpaired) electrons. The summed E-state index contributed by atoms with van der Waals surface area (Å²) in [7, 11) is 0. The van der Waals surface area contributed by atoms with Crippen LogP contribution in [-0.2, 0) is 4.79 Å². The van der Waals surface area contributed by atoms with Crippen LogP contribution in [0.5, 0.6) is 5.75 Å². The highest BCUT2D eigenvalue weighted by Gasteiger charge is 2.17. The van der Waals surface area contributed by atoms with Gasteiger partial charge in [0.1, 0.15) is 12.1 Å². The van der Waals surface area contributed by atoms with Gasteiger partial charge in [0.2, 0.25) is 0 Å². The van der Waals surface area contributed by atoms with E-state index in [2.05, 4.69) is 15.5 Å². The number of amides is 1. The third kappa shape index (κ3) is 4.59. The number of nitrogens with one attached hydrogen (secondary N) is 1. The summed E-state index contributed by atoms with van der Waals surface area (Å²) in [5.74, 6) is 0.823. The zero-order valence-corrected chi connectivity index (χ0v) is 14.6. The number of benzene rings is 1. The highest BCUT2D eigenvalue weighted by Crippen LogP contribution is 2.27. The van der Waals surface area contributed by atoms with Gasteiger partial charge in [0.25, 0.3) is 5.91 Å². The Bertz CT molecular complexity index is 688. The first-order valence-corrected chi connectivity index (χ1v) is 7.90. The lowest BCUT2D eigenvalue weighted by Gasteiger charge is -2.17. The Balaban J connectivity index is 1.93. The average molecular weight is 357 g/mol. The van der Waals surface area contributed by atoms with E-state index < -0.39 is 0 Å². The molecule has 6 nitrogen and oxygen atoms in total. The largest absolute Gasteiger partial charge is 0.482 e. The third-order valence-electron chi connectivity index (χ3n) is 3.17. The van der Waals surface area contributed by atoms with Gasteiger partial charge in [0.15, 0.2) is 12.4 Å². The predicted molar refractivity (Wildman–Crippen MR) is 88.9 cm³/mol. The summed E-state index contributed by atoms with van der Waals surface area (Å²) in [5.41, 5.74) is 0. The molecule has 0 fully saturated rings. The van der Waals surface area contributed by atoms with Crippen molar-refractivity contribution < 1.29 is 9.53 Å². The molecule has 0 bridgehead atoms. The zero-order chi connectivity index (χ0) is 17.0. The molecule has 1 amide bonds. The molecular formula is C15H18Cl2N4O2. The van der Waals surface area contributed by atoms with E-state index in [0.29, 0.717) is 21.6 Å². The van der Waals surface area contributed by atoms with E-state index in [1.807, 2.05) is 25.3 Å². The van der Waals surface area contributed by atoms with Crippen molar-refractivity contribution in [3.05, 3.63) is 40.4 Å². The maximum atomic E-state index is 12.0. The van der Waals surface area contributed by atoms with E-state index in [4.69, 9.17) is 27.9 Å². The molecule has 0 spiro atoms. The fourth-order valence-electron chi connectivity index (χ4n) is 2.04. The molecular weight excluding hydrogens is 339 g/mol. The Hall–Kier alpha value is -1.79. The standard InChI is InChI=1S/C15H18Cl2N4O2/c1-9(2)21-8-18-20-15(21)10(3)19-14(22)7-23-13-5-4-11(16)6-12(13)17/h4-6,8-10H,7H2,1-3H3,(H,19,22). The second-order valence-corrected chi connectivity index (χ2v) is 6.19. The molecule has 1 aromatic heterocycles. The van der Waals surface area contributed by atoms with Gasteiger partial charge in [0, 0.05) is 11.1 Å². The molecule has 0 aliphatic carbocycles. The number of aromatic nitrogens is 3. The van der Waals surface area contributed by atoms with Crippen LogP contribution < -0.4 is 10.1 Å². The molecule has 23 heavy (non-hydrogen) atoms. The maximum absolute atomic E-state index is 12.0. The summed E-state index contributed by atoms with van der Waals surface area (Å²) in [5, 5.41) is 11.6. The number of carbonyl (C=O) groups excluding carboxylic acids is 1. The number of nitrogens with zero attached hydrogens (tertiary/aromatic N) is 3. The summed E-state index contributed by atoms with van der Waals surface area (Å²) in [4.78, 5) is 12.0. The number of hydrogen-bond acceptors (Lipinski definition) is 4. The van der Waals surface area contributed by atoms with Crippen molar-refractivity contribution in [3.8, 4) is 5.75 Å². The molecule has 2 aromatic rings. The normalized spacial score (nSPS) is 12.3. The van der Waals surface area contributed by atoms with E-state index in [0.717, 1.165) is 0 Å². The van der Waals surface area contributed by atoms with E-state index in [1.165, 1.54) is 0 Å². The molecule has 0 saturated carbocycles. The summed E-state index contributed by atoms with van der Waals surface area (Å²) < 4.78 is 7.31. The quantitative estimate of drug-likeness (QED) is 0.860. The number of carbonyl (C=O) groups is 1. The van der Waals surface area contributed by atoms with Crippen LogP contribution in [0.4, 0.5) is 0 Å². The first-order chi connectivity index (χ1) is 10.9. The van der Waals surface area contributed by atoms with Gasteiger partial charge < -0.3 is 14.6 Å². The summed E-state index contributed by atoms with van der Waals surface area (Å²) in [6, 6.07) is 4.76. The van der Waals surface area contributed by atoms with Gasteiger partial charge in [-0.25, -0.2) is 0 Å². The number of ether oxygens (including phenoxy) is 1. The second kappa shape index (κ2) is 7.66. The van der Waals surface area contributed by atoms with Crippen molar-refractivity contribution >= 4 is 29.1 Å². The smallest absolute Gasteiger partial charge is 0.258 e. The molecule has 0 aliphatic rings. The molecule has 0 aliphatic heterocycles. The lowest BCUT2D eigenvalue weighted by molar-refractivity contribution is -0.123. The van der Waals surface area contributed by atoms with Gasteiger partial charge in [-0.05, 0) is 39.0 Å². The molecule has 2 rings (SSSR count). The Morgan fingerprint density at radius 2 is 2.09 bits per heavy atom. The number of halogens is 2. The van der Waals surface area contributed by atoms with E-state index in [1.54, 1.807) is 24.5 Å². The van der Waals surface area contributed by atoms with Gasteiger partial charge >= 0.3 is 0 Å². The fourth-order valence-corrected chi connectivity index (χ4v) is 2.51. The van der Waals surface area contributed by atoms with Crippen molar-refractivity contribution in [2.24, 2.45) is 0 Å². The molecule has 8 heteroatoms. The average Bonchev–Trinajstić information content (AvgIpc) is 2.96. The lowest BCUT2D eigenvalue weighted by Crippen LogP contribution is -2.32. The maximum Gasteiger partial charge on any atom is 0.258 e. The molecule has 1 N–H and O–H groups in total. The Morgan fingerprint density at radius 1 is 1.35 bits per heavy atom. The third-order valence-corrected chi connectivity index (χ3v) is 3.71. The minimum absolute atomic E-state index is 0.151. The van der Waals surface area contributed by atoms with Crippen LogP contribution in [0.25, 0.3) is 0 Å². The predicted octanol–water partition coefficient (Wildman–Crippen LogP) is 3.42. The van der Waals surface area contributed by atoms with Crippen molar-refractivity contribution in [3.63, 3.8) is 0 Å². The zero-order valence-electron chi connectivity index (χ0n) is 13.1. The minimum Gasteiger partial charge on any atom is -0.482 e. The fraction of sp³-hybridized carbons (Fsp3) is 0.400. The van der Waals surface area contributed by atoms with Gasteiger partial charge in [-0.2, -0.15) is 0 Å². The molecule has 124 valence electrons. The van der Waals surface area contributed by atoms with Gasteiger partial charge in [-0.3, -0.25) is 4.79 Å². The molecule has 1 unspecified atom stereocenters. The molecule has 1 heterocycles. The van der Waals surface area contributed by atoms with Crippen LogP contribution in [0, 0.1) is 0 Å². The Morgan fingerprint density at radius 3 is 2.74 bits per heavy atom. The SMILES string of the molecule is CC(NC(=O)COc1ccc(Cl)cc1Cl)c1nncn1C(C)C. The summed E-state index contributed by atoms with van der Waals surface area (Å²) in [6.45, 7) is 5.73. The van der Waals surface area contributed by atoms with Gasteiger partial charge in [-0.15, -0.1) is 10.2 Å². The van der Waals surface area contributed by atoms with Crippen LogP contribution >= 0.6 is 23.2 Å². The van der Waals surface area contributed by atoms with E-state index in [9.17, 15) is 4.79 Å². The van der Waals surface area contributed by atoms with Gasteiger partial charge in [0.05, 0.1) is 11.1 Å². The summed E-state index contributed by atoms with van der Waals surface area (Å²) >= 11 is 11.8. The van der Waals surface area contributed by atoms with E-state index >= 15 is 0 Å². The van der Waals surface area contributed by atoms with Crippen LogP contribution in [0.15, 0.2) is 24.5 Å². The minimum atomic E-state index is -0.281. The van der Waals surface area contributed by atoms with Crippen molar-refractivity contribution in [1.82, 2.24) is 20.1 Å². The lowest BCUT2D eigenvalue weighted by atomic mass is 10.3. The van der Waals surface area contributed by atoms with Crippen molar-refractivity contribution in [2.75, 3.05) is 6.61 Å². The topological polar surface area (TPSA) is 69.0 Å². The van der Waals surface area contributed by atoms with Gasteiger partial charge in [-0.1, -0.05) is 23.2 Å². The van der Waals surface area contributed by atoms with Crippen molar-refractivity contribution in [2.45, 2.75) is 32.9 Å². The molecule has 1 atom stereocenters. The van der Waals surface area contributed by atoms with Crippen molar-refractivity contribution in [1.29, 1.82) is 0 Å². The molecule has 1 aromatic carbocycles.